The van der Waals surface area contributed by atoms with Gasteiger partial charge < -0.3 is 46.9 Å². The largest absolute Gasteiger partial charge is 1.00 e. The van der Waals surface area contributed by atoms with Gasteiger partial charge in [0.05, 0.1) is 0 Å². The van der Waals surface area contributed by atoms with E-state index >= 15 is 0 Å². The van der Waals surface area contributed by atoms with E-state index in [9.17, 15) is 29.4 Å². The van der Waals surface area contributed by atoms with Crippen molar-refractivity contribution in [2.24, 2.45) is 0 Å². The van der Waals surface area contributed by atoms with Gasteiger partial charge in [0.15, 0.2) is 0 Å². The Morgan fingerprint density at radius 3 is 1.02 bits per heavy atom. The normalized spacial score (nSPS) is 10.5. The third-order valence-corrected chi connectivity index (χ3v) is 7.69. The molecule has 0 aliphatic carbocycles. The Morgan fingerprint density at radius 2 is 0.729 bits per heavy atom. The van der Waals surface area contributed by atoms with Gasteiger partial charge in [-0.15, -0.1) is 0 Å². The van der Waals surface area contributed by atoms with Crippen LogP contribution in [-0.4, -0.2) is 23.9 Å². The van der Waals surface area contributed by atoms with E-state index in [1.54, 1.807) is 60.7 Å². The maximum atomic E-state index is 12.0. The monoisotopic (exact) mass is 672 g/mol. The molecule has 0 aliphatic heterocycles. The summed E-state index contributed by atoms with van der Waals surface area (Å²) in [5, 5.41) is 21.3. The molecule has 2 unspecified atom stereocenters. The van der Waals surface area contributed by atoms with E-state index in [0.29, 0.717) is 33.5 Å². The molecule has 16 heteroatoms. The number of hydrogen-bond donors (Lipinski definition) is 0. The second-order valence-electron chi connectivity index (χ2n) is 8.89. The smallest absolute Gasteiger partial charge is 0.542 e. The third-order valence-electron chi connectivity index (χ3n) is 5.63. The number of carboxylic acid groups (broad SMARTS) is 2. The van der Waals surface area contributed by atoms with E-state index in [0.717, 1.165) is 0 Å². The topological polar surface area (TPSA) is 185 Å². The minimum atomic E-state index is -1.38. The molecule has 232 valence electrons. The molecule has 4 heterocycles. The Kier molecular flexibility index (Phi) is 14.3. The van der Waals surface area contributed by atoms with Crippen molar-refractivity contribution in [1.82, 2.24) is 0 Å². The van der Waals surface area contributed by atoms with Gasteiger partial charge in [0.25, 0.3) is 0 Å². The zero-order valence-electron chi connectivity index (χ0n) is 25.3. The fourth-order valence-electron chi connectivity index (χ4n) is 3.59. The van der Waals surface area contributed by atoms with Gasteiger partial charge in [-0.1, -0.05) is 36.4 Å². The molecule has 0 radical (unpaired) electrons. The molecule has 0 saturated carbocycles. The van der Waals surface area contributed by atoms with Crippen LogP contribution in [0.4, 0.5) is 0 Å². The summed E-state index contributed by atoms with van der Waals surface area (Å²) >= 11 is 0. The van der Waals surface area contributed by atoms with Gasteiger partial charge in [-0.25, -0.2) is 9.59 Å². The quantitative estimate of drug-likeness (QED) is 0.0599. The van der Waals surface area contributed by atoms with E-state index < -0.39 is 23.9 Å². The van der Waals surface area contributed by atoms with Crippen LogP contribution < -0.4 is 79.4 Å². The van der Waals surface area contributed by atoms with Gasteiger partial charge in [-0.05, 0) is 72.8 Å². The molecule has 0 spiro atoms. The second-order valence-corrected chi connectivity index (χ2v) is 11.4. The summed E-state index contributed by atoms with van der Waals surface area (Å²) in [7, 11) is -0.121. The van der Waals surface area contributed by atoms with Crippen molar-refractivity contribution in [2.75, 3.05) is 0 Å². The summed E-state index contributed by atoms with van der Waals surface area (Å²) in [6, 6.07) is 29.2. The number of ether oxygens (including phenoxy) is 2. The maximum Gasteiger partial charge on any atom is 1.00 e. The fraction of sp³-hybridized carbons (Fsp3) is 0. The van der Waals surface area contributed by atoms with Crippen molar-refractivity contribution in [2.45, 2.75) is 0 Å². The first kappa shape index (κ1) is 37.9. The van der Waals surface area contributed by atoms with Crippen LogP contribution in [0.15, 0.2) is 127 Å². The van der Waals surface area contributed by atoms with Gasteiger partial charge >= 0.3 is 49.7 Å². The molecule has 0 N–H and O–H groups in total. The zero-order chi connectivity index (χ0) is 32.5. The summed E-state index contributed by atoms with van der Waals surface area (Å²) in [4.78, 5) is 45.2. The predicted molar refractivity (Wildman–Crippen MR) is 161 cm³/mol. The Balaban J connectivity index is 0.000000250. The number of aromatic carboxylic acids is 2. The van der Waals surface area contributed by atoms with Gasteiger partial charge in [0.1, 0.15) is 57.0 Å². The molecule has 0 saturated heterocycles. The number of carbonyl (C=O) groups excluding carboxylic acids is 4. The summed E-state index contributed by atoms with van der Waals surface area (Å²) in [5.74, 6) is -3.52. The minimum Gasteiger partial charge on any atom is -0.542 e. The molecule has 4 aromatic heterocycles. The number of carbonyl (C=O) groups is 4. The van der Waals surface area contributed by atoms with Crippen molar-refractivity contribution in [3.05, 3.63) is 132 Å². The first-order chi connectivity index (χ1) is 22.2. The summed E-state index contributed by atoms with van der Waals surface area (Å²) in [6.07, 6.45) is 0. The second kappa shape index (κ2) is 18.1. The number of rotatable bonds is 10. The van der Waals surface area contributed by atoms with Crippen LogP contribution in [0.5, 0.6) is 11.5 Å². The zero-order valence-corrected chi connectivity index (χ0v) is 27.3. The summed E-state index contributed by atoms with van der Waals surface area (Å²) in [5.41, 5.74) is 1.79. The van der Waals surface area contributed by atoms with Crippen LogP contribution in [0.1, 0.15) is 42.2 Å². The third kappa shape index (κ3) is 10.8. The van der Waals surface area contributed by atoms with E-state index in [1.165, 1.54) is 36.4 Å². The Bertz CT molecular complexity index is 1820. The van der Waals surface area contributed by atoms with Gasteiger partial charge in [-0.3, -0.25) is 0 Å². The Hall–Kier alpha value is -4.51. The van der Waals surface area contributed by atoms with Crippen molar-refractivity contribution in [3.63, 3.8) is 0 Å². The number of esters is 2. The summed E-state index contributed by atoms with van der Waals surface area (Å²) in [6.45, 7) is 0. The van der Waals surface area contributed by atoms with Crippen LogP contribution in [0.2, 0.25) is 0 Å². The minimum absolute atomic E-state index is 0. The van der Waals surface area contributed by atoms with Crippen molar-refractivity contribution in [3.8, 4) is 11.5 Å². The fourth-order valence-corrected chi connectivity index (χ4v) is 5.39. The van der Waals surface area contributed by atoms with E-state index in [-0.39, 0.29) is 77.9 Å². The molecule has 2 atom stereocenters. The Morgan fingerprint density at radius 1 is 0.438 bits per heavy atom. The molecule has 6 rings (SSSR count). The van der Waals surface area contributed by atoms with Crippen LogP contribution in [0, 0.1) is 0 Å². The van der Waals surface area contributed by atoms with Crippen molar-refractivity contribution < 1.29 is 94.3 Å². The van der Waals surface area contributed by atoms with Crippen LogP contribution in [0.3, 0.4) is 0 Å². The van der Waals surface area contributed by atoms with Gasteiger partial charge in [0, 0.05) is 17.2 Å². The molecule has 6 aromatic rings. The van der Waals surface area contributed by atoms with Crippen LogP contribution in [0.25, 0.3) is 0 Å². The number of carboxylic acids is 2. The van der Waals surface area contributed by atoms with Gasteiger partial charge in [-0.2, -0.15) is 0 Å². The van der Waals surface area contributed by atoms with Crippen molar-refractivity contribution >= 4 is 63.0 Å². The maximum absolute atomic E-state index is 12.0. The molecular formula is C32H20Li2O12P2. The molecule has 2 aromatic carbocycles. The molecule has 0 bridgehead atoms. The standard InChI is InChI=1S/2C16H11O6P.2Li/c2*17-15(18)11-6-8-13(21-11)23-14-9-7-12(22-14)16(19)20-10-4-2-1-3-5-10;;/h2*1-9,23H,(H,17,18);;/q;;2*+1/p-2. The SMILES string of the molecule is O=C([O-])c1ccc(Pc2ccc(C(=O)Oc3ccccc3)o2)o1.O=C([O-])c1ccc(Pc2ccc(C(=O)Oc3ccccc3)o2)o1.[Li+].[Li+]. The Labute approximate surface area is 299 Å². The molecule has 48 heavy (non-hydrogen) atoms. The van der Waals surface area contributed by atoms with E-state index in [2.05, 4.69) is 0 Å². The van der Waals surface area contributed by atoms with Gasteiger partial charge in [0.2, 0.25) is 11.5 Å². The molecule has 12 nitrogen and oxygen atoms in total. The molecular weight excluding hydrogens is 652 g/mol. The molecule has 0 amide bonds. The molecule has 0 fully saturated rings. The summed E-state index contributed by atoms with van der Waals surface area (Å²) < 4.78 is 31.3. The average molecular weight is 672 g/mol. The first-order valence-electron chi connectivity index (χ1n) is 13.1. The number of hydrogen-bond acceptors (Lipinski definition) is 12. The average Bonchev–Trinajstić information content (AvgIpc) is 3.87. The number of para-hydroxylation sites is 2. The van der Waals surface area contributed by atoms with E-state index in [1.807, 2.05) is 12.1 Å². The molecule has 0 aliphatic rings. The van der Waals surface area contributed by atoms with E-state index in [4.69, 9.17) is 27.1 Å². The van der Waals surface area contributed by atoms with Crippen LogP contribution in [-0.2, 0) is 0 Å². The van der Waals surface area contributed by atoms with Crippen LogP contribution >= 0.6 is 17.2 Å². The predicted octanol–water partition coefficient (Wildman–Crippen LogP) is -3.82. The number of benzene rings is 2. The van der Waals surface area contributed by atoms with Crippen molar-refractivity contribution in [1.29, 1.82) is 0 Å². The first-order valence-corrected chi connectivity index (χ1v) is 15.1. The number of furan rings is 4.